The minimum Gasteiger partial charge on any atom is -0.358 e. The van der Waals surface area contributed by atoms with Crippen molar-refractivity contribution in [2.45, 2.75) is 18.7 Å². The lowest BCUT2D eigenvalue weighted by atomic mass is 10.0. The lowest BCUT2D eigenvalue weighted by Crippen LogP contribution is -1.96. The largest absolute Gasteiger partial charge is 0.358 e. The molecular weight excluding hydrogens is 306 g/mol. The predicted octanol–water partition coefficient (Wildman–Crippen LogP) is 4.37. The summed E-state index contributed by atoms with van der Waals surface area (Å²) in [4.78, 5) is 3.72. The van der Waals surface area contributed by atoms with Crippen molar-refractivity contribution in [3.8, 4) is 22.4 Å². The first-order valence-corrected chi connectivity index (χ1v) is 9.31. The number of aromatic amines is 1. The number of H-pyrrole nitrogens is 1. The highest BCUT2D eigenvalue weighted by Crippen LogP contribution is 2.33. The van der Waals surface area contributed by atoms with Crippen molar-refractivity contribution >= 4 is 9.84 Å². The van der Waals surface area contributed by atoms with E-state index in [-0.39, 0.29) is 0 Å². The van der Waals surface area contributed by atoms with Gasteiger partial charge in [-0.05, 0) is 43.2 Å². The van der Waals surface area contributed by atoms with Crippen LogP contribution in [0.5, 0.6) is 0 Å². The third-order valence-corrected chi connectivity index (χ3v) is 5.01. The zero-order valence-electron chi connectivity index (χ0n) is 13.4. The summed E-state index contributed by atoms with van der Waals surface area (Å²) in [5.41, 5.74) is 6.53. The van der Waals surface area contributed by atoms with Crippen LogP contribution >= 0.6 is 0 Å². The highest BCUT2D eigenvalue weighted by molar-refractivity contribution is 7.90. The van der Waals surface area contributed by atoms with Crippen LogP contribution in [0.2, 0.25) is 0 Å². The second kappa shape index (κ2) is 5.70. The van der Waals surface area contributed by atoms with Crippen molar-refractivity contribution < 1.29 is 8.42 Å². The van der Waals surface area contributed by atoms with Crippen LogP contribution in [0.3, 0.4) is 0 Å². The zero-order chi connectivity index (χ0) is 16.6. The fourth-order valence-corrected chi connectivity index (χ4v) is 3.28. The van der Waals surface area contributed by atoms with E-state index in [4.69, 9.17) is 0 Å². The summed E-state index contributed by atoms with van der Waals surface area (Å²) in [6, 6.07) is 17.5. The number of benzene rings is 2. The minimum absolute atomic E-state index is 0.335. The summed E-state index contributed by atoms with van der Waals surface area (Å²) in [7, 11) is -3.17. The number of hydrogen-bond donors (Lipinski definition) is 1. The molecule has 3 aromatic rings. The van der Waals surface area contributed by atoms with Crippen molar-refractivity contribution in [2.75, 3.05) is 6.26 Å². The molecule has 0 aliphatic carbocycles. The van der Waals surface area contributed by atoms with E-state index >= 15 is 0 Å². The molecule has 1 aromatic heterocycles. The van der Waals surface area contributed by atoms with E-state index in [2.05, 4.69) is 42.2 Å². The minimum atomic E-state index is -3.17. The third-order valence-electron chi connectivity index (χ3n) is 3.89. The average Bonchev–Trinajstić information content (AvgIpc) is 2.89. The van der Waals surface area contributed by atoms with Gasteiger partial charge in [-0.15, -0.1) is 0 Å². The van der Waals surface area contributed by atoms with Crippen LogP contribution in [-0.2, 0) is 9.84 Å². The van der Waals surface area contributed by atoms with E-state index < -0.39 is 9.84 Å². The molecule has 3 rings (SSSR count). The first-order valence-electron chi connectivity index (χ1n) is 7.42. The van der Waals surface area contributed by atoms with Crippen molar-refractivity contribution in [2.24, 2.45) is 0 Å². The molecule has 23 heavy (non-hydrogen) atoms. The summed E-state index contributed by atoms with van der Waals surface area (Å²) < 4.78 is 23.2. The summed E-state index contributed by atoms with van der Waals surface area (Å²) in [6.07, 6.45) is 1.22. The van der Waals surface area contributed by atoms with Gasteiger partial charge >= 0.3 is 0 Å². The molecule has 1 heterocycles. The topological polar surface area (TPSA) is 49.9 Å². The Bertz CT molecular complexity index is 934. The molecule has 0 unspecified atom stereocenters. The molecule has 2 aromatic carbocycles. The van der Waals surface area contributed by atoms with E-state index in [1.165, 1.54) is 11.8 Å². The quantitative estimate of drug-likeness (QED) is 0.777. The van der Waals surface area contributed by atoms with Crippen LogP contribution in [0, 0.1) is 13.8 Å². The van der Waals surface area contributed by atoms with Gasteiger partial charge in [-0.25, -0.2) is 8.42 Å². The Balaban J connectivity index is 2.09. The highest BCUT2D eigenvalue weighted by atomic mass is 32.2. The smallest absolute Gasteiger partial charge is 0.175 e. The van der Waals surface area contributed by atoms with Crippen LogP contribution in [0.15, 0.2) is 59.5 Å². The molecule has 0 bridgehead atoms. The van der Waals surface area contributed by atoms with Crippen LogP contribution in [-0.4, -0.2) is 19.7 Å². The van der Waals surface area contributed by atoms with Crippen LogP contribution in [0.1, 0.15) is 11.3 Å². The molecule has 0 fully saturated rings. The lowest BCUT2D eigenvalue weighted by Gasteiger charge is -2.06. The summed E-state index contributed by atoms with van der Waals surface area (Å²) in [6.45, 7) is 4.09. The maximum Gasteiger partial charge on any atom is 0.175 e. The van der Waals surface area contributed by atoms with Crippen molar-refractivity contribution in [1.82, 2.24) is 4.98 Å². The number of aryl methyl sites for hydroxylation is 2. The molecule has 0 aliphatic heterocycles. The predicted molar refractivity (Wildman–Crippen MR) is 94.2 cm³/mol. The van der Waals surface area contributed by atoms with E-state index in [0.29, 0.717) is 4.90 Å². The maximum absolute atomic E-state index is 11.6. The first-order chi connectivity index (χ1) is 10.8. The fourth-order valence-electron chi connectivity index (χ4n) is 2.65. The lowest BCUT2D eigenvalue weighted by molar-refractivity contribution is 0.602. The van der Waals surface area contributed by atoms with Crippen LogP contribution in [0.25, 0.3) is 22.4 Å². The Morgan fingerprint density at radius 3 is 1.96 bits per heavy atom. The fraction of sp³-hybridized carbons (Fsp3) is 0.158. The molecule has 0 saturated heterocycles. The molecule has 1 N–H and O–H groups in total. The number of sulfone groups is 1. The summed E-state index contributed by atoms with van der Waals surface area (Å²) >= 11 is 0. The van der Waals surface area contributed by atoms with E-state index in [1.807, 2.05) is 19.1 Å². The summed E-state index contributed by atoms with van der Waals surface area (Å²) in [5, 5.41) is 0. The van der Waals surface area contributed by atoms with Gasteiger partial charge in [0, 0.05) is 17.5 Å². The van der Waals surface area contributed by atoms with Gasteiger partial charge in [0.1, 0.15) is 0 Å². The van der Waals surface area contributed by atoms with Gasteiger partial charge in [0.25, 0.3) is 0 Å². The second-order valence-electron chi connectivity index (χ2n) is 5.90. The van der Waals surface area contributed by atoms with Gasteiger partial charge in [-0.1, -0.05) is 42.0 Å². The molecular formula is C19H19NO2S. The zero-order valence-corrected chi connectivity index (χ0v) is 14.2. The van der Waals surface area contributed by atoms with Crippen molar-refractivity contribution in [1.29, 1.82) is 0 Å². The van der Waals surface area contributed by atoms with Gasteiger partial charge in [0.05, 0.1) is 10.6 Å². The Morgan fingerprint density at radius 1 is 0.826 bits per heavy atom. The molecule has 0 atom stereocenters. The van der Waals surface area contributed by atoms with Gasteiger partial charge in [0.15, 0.2) is 9.84 Å². The molecule has 0 amide bonds. The number of aromatic nitrogens is 1. The molecule has 0 saturated carbocycles. The first kappa shape index (κ1) is 15.6. The molecule has 0 aliphatic rings. The normalized spacial score (nSPS) is 11.6. The Kier molecular flexibility index (Phi) is 3.86. The number of rotatable bonds is 3. The Labute approximate surface area is 136 Å². The molecule has 4 heteroatoms. The average molecular weight is 325 g/mol. The van der Waals surface area contributed by atoms with Crippen LogP contribution in [0.4, 0.5) is 0 Å². The van der Waals surface area contributed by atoms with Crippen molar-refractivity contribution in [3.63, 3.8) is 0 Å². The number of hydrogen-bond acceptors (Lipinski definition) is 2. The third kappa shape index (κ3) is 3.22. The molecule has 118 valence electrons. The van der Waals surface area contributed by atoms with Crippen molar-refractivity contribution in [3.05, 3.63) is 65.9 Å². The van der Waals surface area contributed by atoms with E-state index in [9.17, 15) is 8.42 Å². The Morgan fingerprint density at radius 2 is 1.39 bits per heavy atom. The molecule has 0 radical (unpaired) electrons. The van der Waals surface area contributed by atoms with Gasteiger partial charge < -0.3 is 4.98 Å². The Hall–Kier alpha value is -2.33. The standard InChI is InChI=1S/C19H19NO2S/c1-13-4-6-15(7-5-13)18-12-14(2)20-19(18)16-8-10-17(11-9-16)23(3,21)22/h4-12,20H,1-3H3. The second-order valence-corrected chi connectivity index (χ2v) is 7.92. The highest BCUT2D eigenvalue weighted by Gasteiger charge is 2.12. The molecule has 3 nitrogen and oxygen atoms in total. The van der Waals surface area contributed by atoms with Gasteiger partial charge in [-0.3, -0.25) is 0 Å². The number of nitrogens with one attached hydrogen (secondary N) is 1. The monoisotopic (exact) mass is 325 g/mol. The van der Waals surface area contributed by atoms with Gasteiger partial charge in [-0.2, -0.15) is 0 Å². The SMILES string of the molecule is Cc1ccc(-c2cc(C)[nH]c2-c2ccc(S(C)(=O)=O)cc2)cc1. The van der Waals surface area contributed by atoms with Crippen LogP contribution < -0.4 is 0 Å². The van der Waals surface area contributed by atoms with Gasteiger partial charge in [0.2, 0.25) is 0 Å². The van der Waals surface area contributed by atoms with E-state index in [0.717, 1.165) is 28.1 Å². The summed E-state index contributed by atoms with van der Waals surface area (Å²) in [5.74, 6) is 0. The maximum atomic E-state index is 11.6. The molecule has 0 spiro atoms. The van der Waals surface area contributed by atoms with E-state index in [1.54, 1.807) is 12.1 Å².